The summed E-state index contributed by atoms with van der Waals surface area (Å²) in [4.78, 5) is 16.9. The molecule has 3 aromatic rings. The topological polar surface area (TPSA) is 143 Å². The van der Waals surface area contributed by atoms with Crippen LogP contribution in [-0.2, 0) is 7.05 Å². The van der Waals surface area contributed by atoms with E-state index in [2.05, 4.69) is 37.0 Å². The highest BCUT2D eigenvalue weighted by Gasteiger charge is 2.31. The van der Waals surface area contributed by atoms with Crippen LogP contribution in [0.5, 0.6) is 5.75 Å². The van der Waals surface area contributed by atoms with E-state index in [9.17, 15) is 10.1 Å². The highest BCUT2D eigenvalue weighted by atomic mass is 16.5. The molecule has 3 N–H and O–H groups in total. The Morgan fingerprint density at radius 2 is 2.22 bits per heavy atom. The van der Waals surface area contributed by atoms with Gasteiger partial charge in [-0.3, -0.25) is 9.48 Å². The van der Waals surface area contributed by atoms with Crippen molar-refractivity contribution >= 4 is 23.1 Å². The number of para-hydroxylation sites is 1. The van der Waals surface area contributed by atoms with Crippen molar-refractivity contribution in [2.45, 2.75) is 18.9 Å². The molecule has 1 aromatic carbocycles. The summed E-state index contributed by atoms with van der Waals surface area (Å²) in [7, 11) is 3.23. The molecule has 32 heavy (non-hydrogen) atoms. The number of carbonyl (C=O) groups excluding carboxylic acids is 1. The number of rotatable bonds is 8. The molecule has 1 atom stereocenters. The van der Waals surface area contributed by atoms with E-state index in [1.807, 2.05) is 5.32 Å². The van der Waals surface area contributed by atoms with Crippen molar-refractivity contribution in [1.29, 1.82) is 5.26 Å². The van der Waals surface area contributed by atoms with Crippen LogP contribution in [0.3, 0.4) is 0 Å². The summed E-state index contributed by atoms with van der Waals surface area (Å²) in [6.07, 6.45) is 3.44. The van der Waals surface area contributed by atoms with Crippen LogP contribution in [0.4, 0.5) is 17.2 Å². The van der Waals surface area contributed by atoms with Crippen molar-refractivity contribution in [3.05, 3.63) is 36.3 Å². The third kappa shape index (κ3) is 4.29. The molecule has 1 aliphatic carbocycles. The van der Waals surface area contributed by atoms with Gasteiger partial charge in [-0.25, -0.2) is 4.98 Å². The molecule has 1 aliphatic rings. The number of carbonyl (C=O) groups is 1. The quantitative estimate of drug-likeness (QED) is 0.483. The van der Waals surface area contributed by atoms with Gasteiger partial charge in [0.15, 0.2) is 23.1 Å². The third-order valence-corrected chi connectivity index (χ3v) is 4.99. The van der Waals surface area contributed by atoms with Crippen LogP contribution >= 0.6 is 0 Å². The Hall–Kier alpha value is -4.20. The maximum atomic E-state index is 12.7. The van der Waals surface area contributed by atoms with Gasteiger partial charge < -0.3 is 20.7 Å². The molecule has 0 bridgehead atoms. The Morgan fingerprint density at radius 3 is 2.88 bits per heavy atom. The molecule has 2 heterocycles. The lowest BCUT2D eigenvalue weighted by Gasteiger charge is -2.17. The average Bonchev–Trinajstić information content (AvgIpc) is 3.56. The smallest absolute Gasteiger partial charge is 0.273 e. The van der Waals surface area contributed by atoms with E-state index in [0.717, 1.165) is 12.8 Å². The number of nitriles is 1. The Balaban J connectivity index is 1.73. The first-order valence-electron chi connectivity index (χ1n) is 11.3. The highest BCUT2D eigenvalue weighted by Crippen LogP contribution is 2.37. The number of methoxy groups -OCH3 is 1. The Bertz CT molecular complexity index is 1280. The molecule has 1 saturated carbocycles. The first kappa shape index (κ1) is 17.5. The minimum absolute atomic E-state index is 0.168. The maximum Gasteiger partial charge on any atom is 0.273 e. The highest BCUT2D eigenvalue weighted by molar-refractivity contribution is 5.98. The summed E-state index contributed by atoms with van der Waals surface area (Å²) < 4.78 is 29.2. The predicted octanol–water partition coefficient (Wildman–Crippen LogP) is 2.10. The van der Waals surface area contributed by atoms with Crippen molar-refractivity contribution in [3.63, 3.8) is 0 Å². The van der Waals surface area contributed by atoms with Crippen LogP contribution in [0.2, 0.25) is 0 Å². The number of amides is 1. The lowest BCUT2D eigenvalue weighted by Crippen LogP contribution is -2.24. The van der Waals surface area contributed by atoms with Gasteiger partial charge in [-0.2, -0.15) is 10.4 Å². The molecule has 0 spiro atoms. The van der Waals surface area contributed by atoms with Gasteiger partial charge >= 0.3 is 0 Å². The number of hydrogen-bond acceptors (Lipinski definition) is 9. The fraction of sp³-hybridized carbons (Fsp3) is 0.333. The zero-order chi connectivity index (χ0) is 25.2. The number of hydrogen-bond donors (Lipinski definition) is 3. The van der Waals surface area contributed by atoms with Crippen LogP contribution in [0.25, 0.3) is 11.4 Å². The molecule has 1 fully saturated rings. The second kappa shape index (κ2) is 8.89. The summed E-state index contributed by atoms with van der Waals surface area (Å²) in [6, 6.07) is 8.51. The molecule has 0 saturated heterocycles. The monoisotopic (exact) mass is 436 g/mol. The molecule has 2 aromatic heterocycles. The second-order valence-electron chi connectivity index (χ2n) is 7.29. The third-order valence-electron chi connectivity index (χ3n) is 4.99. The molecule has 164 valence electrons. The van der Waals surface area contributed by atoms with Crippen molar-refractivity contribution < 1.29 is 13.6 Å². The minimum atomic E-state index is -2.72. The van der Waals surface area contributed by atoms with Crippen molar-refractivity contribution in [1.82, 2.24) is 30.3 Å². The summed E-state index contributed by atoms with van der Waals surface area (Å²) in [5.74, 6) is 0.384. The molecular weight excluding hydrogens is 410 g/mol. The van der Waals surface area contributed by atoms with Gasteiger partial charge in [0.2, 0.25) is 0 Å². The van der Waals surface area contributed by atoms with Gasteiger partial charge in [0.05, 0.1) is 30.1 Å². The van der Waals surface area contributed by atoms with Gasteiger partial charge in [0.1, 0.15) is 12.4 Å². The van der Waals surface area contributed by atoms with E-state index >= 15 is 0 Å². The summed E-state index contributed by atoms with van der Waals surface area (Å²) in [5, 5.41) is 29.7. The first-order valence-corrected chi connectivity index (χ1v) is 9.85. The number of nitrogens with one attached hydrogen (secondary N) is 3. The summed E-state index contributed by atoms with van der Waals surface area (Å²) in [6.45, 7) is -2.72. The Kier molecular flexibility index (Phi) is 4.85. The van der Waals surface area contributed by atoms with Crippen LogP contribution < -0.4 is 20.7 Å². The van der Waals surface area contributed by atoms with E-state index in [1.54, 1.807) is 36.3 Å². The molecule has 1 amide bonds. The van der Waals surface area contributed by atoms with Gasteiger partial charge in [-0.05, 0) is 30.9 Å². The van der Waals surface area contributed by atoms with Crippen LogP contribution in [0, 0.1) is 17.2 Å². The molecule has 11 heteroatoms. The second-order valence-corrected chi connectivity index (χ2v) is 7.29. The standard InChI is InChI=1S/C21H23N9O2/c1-23-21(31)18-15(9-17(27-28-18)26-16(10-22)12-7-8-12)25-14-6-4-5-13(19(14)32-3)20-24-11-30(2)29-20/h4-6,9,11-12,16H,7-8H2,1-3H3,(H,23,31)(H2,25,26,27)/t16-/m1/s1/i1D3. The number of ether oxygens (including phenoxy) is 1. The van der Waals surface area contributed by atoms with E-state index in [4.69, 9.17) is 8.85 Å². The van der Waals surface area contributed by atoms with E-state index in [0.29, 0.717) is 22.8 Å². The number of aromatic nitrogens is 5. The van der Waals surface area contributed by atoms with E-state index in [1.165, 1.54) is 13.2 Å². The summed E-state index contributed by atoms with van der Waals surface area (Å²) in [5.41, 5.74) is 0.986. The van der Waals surface area contributed by atoms with Gasteiger partial charge in [-0.15, -0.1) is 10.2 Å². The lowest BCUT2D eigenvalue weighted by atomic mass is 10.1. The van der Waals surface area contributed by atoms with E-state index in [-0.39, 0.29) is 23.1 Å². The molecule has 0 unspecified atom stereocenters. The lowest BCUT2D eigenvalue weighted by molar-refractivity contribution is 0.0958. The zero-order valence-corrected chi connectivity index (χ0v) is 17.5. The Morgan fingerprint density at radius 1 is 1.38 bits per heavy atom. The number of anilines is 3. The molecular formula is C21H23N9O2. The normalized spacial score (nSPS) is 15.5. The molecule has 11 nitrogen and oxygen atoms in total. The van der Waals surface area contributed by atoms with Gasteiger partial charge in [0.25, 0.3) is 5.91 Å². The maximum absolute atomic E-state index is 12.7. The Labute approximate surface area is 189 Å². The van der Waals surface area contributed by atoms with E-state index < -0.39 is 18.9 Å². The summed E-state index contributed by atoms with van der Waals surface area (Å²) >= 11 is 0. The number of nitrogens with zero attached hydrogens (tertiary/aromatic N) is 6. The largest absolute Gasteiger partial charge is 0.494 e. The fourth-order valence-corrected chi connectivity index (χ4v) is 3.27. The minimum Gasteiger partial charge on any atom is -0.494 e. The van der Waals surface area contributed by atoms with Crippen LogP contribution in [0.1, 0.15) is 27.4 Å². The number of aryl methyl sites for hydroxylation is 1. The molecule has 0 aliphatic heterocycles. The molecule has 0 radical (unpaired) electrons. The number of benzene rings is 1. The first-order chi connectivity index (χ1) is 16.7. The SMILES string of the molecule is [2H]C([2H])([2H])NC(=O)c1nnc(N[C@H](C#N)C2CC2)cc1Nc1cccc(-c2ncn(C)n2)c1OC. The van der Waals surface area contributed by atoms with Crippen molar-refractivity contribution in [3.8, 4) is 23.2 Å². The average molecular weight is 436 g/mol. The zero-order valence-electron chi connectivity index (χ0n) is 20.5. The van der Waals surface area contributed by atoms with Crippen molar-refractivity contribution in [2.75, 3.05) is 24.7 Å². The molecule has 4 rings (SSSR count). The fourth-order valence-electron chi connectivity index (χ4n) is 3.27. The van der Waals surface area contributed by atoms with Crippen LogP contribution in [0.15, 0.2) is 30.6 Å². The van der Waals surface area contributed by atoms with Gasteiger partial charge in [0, 0.05) is 24.2 Å². The van der Waals surface area contributed by atoms with Gasteiger partial charge in [-0.1, -0.05) is 6.07 Å². The van der Waals surface area contributed by atoms with Crippen molar-refractivity contribution in [2.24, 2.45) is 13.0 Å². The predicted molar refractivity (Wildman–Crippen MR) is 117 cm³/mol. The van der Waals surface area contributed by atoms with Crippen LogP contribution in [-0.4, -0.2) is 51.0 Å².